The van der Waals surface area contributed by atoms with Crippen LogP contribution < -0.4 is 10.1 Å². The van der Waals surface area contributed by atoms with Gasteiger partial charge in [0.25, 0.3) is 5.91 Å². The molecule has 1 N–H and O–H groups in total. The quantitative estimate of drug-likeness (QED) is 0.936. The zero-order valence-electron chi connectivity index (χ0n) is 11.8. The van der Waals surface area contributed by atoms with E-state index < -0.39 is 11.7 Å². The van der Waals surface area contributed by atoms with Crippen molar-refractivity contribution in [1.82, 2.24) is 5.32 Å². The van der Waals surface area contributed by atoms with Crippen molar-refractivity contribution in [2.24, 2.45) is 0 Å². The molecule has 0 heterocycles. The Labute approximate surface area is 125 Å². The Morgan fingerprint density at radius 1 is 1.14 bits per heavy atom. The molecule has 0 aliphatic carbocycles. The van der Waals surface area contributed by atoms with Gasteiger partial charge in [-0.3, -0.25) is 4.79 Å². The molecule has 6 heteroatoms. The molecule has 0 saturated heterocycles. The summed E-state index contributed by atoms with van der Waals surface area (Å²) in [6.07, 6.45) is -4.35. The summed E-state index contributed by atoms with van der Waals surface area (Å²) in [5.41, 5.74) is 0.364. The third-order valence-corrected chi connectivity index (χ3v) is 3.01. The molecule has 0 aliphatic rings. The average Bonchev–Trinajstić information content (AvgIpc) is 2.52. The smallest absolute Gasteiger partial charge is 0.416 e. The highest BCUT2D eigenvalue weighted by Gasteiger charge is 2.29. The molecule has 2 aromatic rings. The third-order valence-electron chi connectivity index (χ3n) is 3.01. The predicted octanol–water partition coefficient (Wildman–Crippen LogP) is 3.64. The lowest BCUT2D eigenvalue weighted by atomic mass is 10.1. The number of ether oxygens (including phenoxy) is 1. The van der Waals surface area contributed by atoms with Crippen molar-refractivity contribution >= 4 is 5.91 Å². The van der Waals surface area contributed by atoms with Crippen LogP contribution in [0.15, 0.2) is 48.5 Å². The lowest BCUT2D eigenvalue weighted by Crippen LogP contribution is -2.17. The van der Waals surface area contributed by atoms with E-state index in [-0.39, 0.29) is 12.5 Å². The Morgan fingerprint density at radius 3 is 2.41 bits per heavy atom. The van der Waals surface area contributed by atoms with E-state index in [1.807, 2.05) is 0 Å². The zero-order chi connectivity index (χ0) is 16.2. The topological polar surface area (TPSA) is 38.3 Å². The van der Waals surface area contributed by atoms with Crippen molar-refractivity contribution in [3.63, 3.8) is 0 Å². The van der Waals surface area contributed by atoms with E-state index in [1.165, 1.54) is 19.2 Å². The van der Waals surface area contributed by atoms with Gasteiger partial charge in [-0.2, -0.15) is 13.2 Å². The van der Waals surface area contributed by atoms with E-state index in [1.54, 1.807) is 24.3 Å². The summed E-state index contributed by atoms with van der Waals surface area (Å²) >= 11 is 0. The summed E-state index contributed by atoms with van der Waals surface area (Å²) in [7, 11) is 1.53. The van der Waals surface area contributed by atoms with E-state index in [0.29, 0.717) is 16.9 Å². The summed E-state index contributed by atoms with van der Waals surface area (Å²) < 4.78 is 42.9. The molecule has 0 saturated carbocycles. The maximum Gasteiger partial charge on any atom is 0.416 e. The molecule has 0 atom stereocenters. The van der Waals surface area contributed by atoms with Crippen molar-refractivity contribution < 1.29 is 22.7 Å². The zero-order valence-corrected chi connectivity index (χ0v) is 11.8. The first-order valence-corrected chi connectivity index (χ1v) is 6.51. The lowest BCUT2D eigenvalue weighted by Gasteiger charge is -2.10. The van der Waals surface area contributed by atoms with Gasteiger partial charge in [-0.1, -0.05) is 18.2 Å². The third kappa shape index (κ3) is 4.00. The first-order valence-electron chi connectivity index (χ1n) is 6.51. The van der Waals surface area contributed by atoms with Crippen LogP contribution in [0.5, 0.6) is 5.75 Å². The van der Waals surface area contributed by atoms with Crippen LogP contribution >= 0.6 is 0 Å². The summed E-state index contributed by atoms with van der Waals surface area (Å²) in [6, 6.07) is 11.3. The number of alkyl halides is 3. The van der Waals surface area contributed by atoms with Gasteiger partial charge in [0.15, 0.2) is 0 Å². The molecule has 22 heavy (non-hydrogen) atoms. The van der Waals surface area contributed by atoms with E-state index >= 15 is 0 Å². The lowest BCUT2D eigenvalue weighted by molar-refractivity contribution is -0.137. The second-order valence-electron chi connectivity index (χ2n) is 4.59. The number of carbonyl (C=O) groups excluding carboxylic acids is 1. The molecule has 0 bridgehead atoms. The number of rotatable bonds is 4. The molecular formula is C16H14F3NO2. The van der Waals surface area contributed by atoms with Gasteiger partial charge in [0.2, 0.25) is 0 Å². The second-order valence-corrected chi connectivity index (χ2v) is 4.59. The molecule has 0 fully saturated rings. The number of hydrogen-bond donors (Lipinski definition) is 1. The first kappa shape index (κ1) is 15.9. The number of nitrogens with one attached hydrogen (secondary N) is 1. The molecule has 0 spiro atoms. The van der Waals surface area contributed by atoms with E-state index in [4.69, 9.17) is 4.74 Å². The maximum atomic E-state index is 12.5. The Bertz CT molecular complexity index is 651. The minimum Gasteiger partial charge on any atom is -0.489 e. The molecule has 2 rings (SSSR count). The molecule has 0 radical (unpaired) electrons. The molecule has 1 amide bonds. The second kappa shape index (κ2) is 6.51. The molecule has 2 aromatic carbocycles. The fraction of sp³-hybridized carbons (Fsp3) is 0.188. The van der Waals surface area contributed by atoms with Gasteiger partial charge in [0, 0.05) is 12.6 Å². The number of amides is 1. The molecule has 116 valence electrons. The largest absolute Gasteiger partial charge is 0.489 e. The van der Waals surface area contributed by atoms with Gasteiger partial charge in [0.1, 0.15) is 12.4 Å². The van der Waals surface area contributed by atoms with Crippen LogP contribution in [0.25, 0.3) is 0 Å². The highest BCUT2D eigenvalue weighted by Crippen LogP contribution is 2.29. The van der Waals surface area contributed by atoms with Gasteiger partial charge in [-0.25, -0.2) is 0 Å². The maximum absolute atomic E-state index is 12.5. The van der Waals surface area contributed by atoms with Crippen LogP contribution in [0.4, 0.5) is 13.2 Å². The summed E-state index contributed by atoms with van der Waals surface area (Å²) in [5.74, 6) is 0.237. The van der Waals surface area contributed by atoms with Crippen LogP contribution in [0.2, 0.25) is 0 Å². The normalized spacial score (nSPS) is 11.1. The van der Waals surface area contributed by atoms with Crippen molar-refractivity contribution in [3.8, 4) is 5.75 Å². The van der Waals surface area contributed by atoms with Crippen LogP contribution in [0.1, 0.15) is 21.5 Å². The number of benzene rings is 2. The standard InChI is InChI=1S/C16H14F3NO2/c1-20-15(21)12-3-2-4-14(9-12)22-10-11-5-7-13(8-6-11)16(17,18)19/h2-9H,10H2,1H3,(H,20,21). The van der Waals surface area contributed by atoms with Crippen molar-refractivity contribution in [2.45, 2.75) is 12.8 Å². The highest BCUT2D eigenvalue weighted by molar-refractivity contribution is 5.94. The summed E-state index contributed by atoms with van der Waals surface area (Å²) in [6.45, 7) is 0.120. The number of halogens is 3. The van der Waals surface area contributed by atoms with Gasteiger partial charge >= 0.3 is 6.18 Å². The van der Waals surface area contributed by atoms with Crippen molar-refractivity contribution in [2.75, 3.05) is 7.05 Å². The molecular weight excluding hydrogens is 295 g/mol. The van der Waals surface area contributed by atoms with Crippen molar-refractivity contribution in [1.29, 1.82) is 0 Å². The fourth-order valence-corrected chi connectivity index (χ4v) is 1.83. The Balaban J connectivity index is 2.03. The Morgan fingerprint density at radius 2 is 1.82 bits per heavy atom. The molecule has 0 unspecified atom stereocenters. The molecule has 0 aromatic heterocycles. The van der Waals surface area contributed by atoms with Gasteiger partial charge in [0.05, 0.1) is 5.56 Å². The highest BCUT2D eigenvalue weighted by atomic mass is 19.4. The van der Waals surface area contributed by atoms with Gasteiger partial charge < -0.3 is 10.1 Å². The Hall–Kier alpha value is -2.50. The fourth-order valence-electron chi connectivity index (χ4n) is 1.83. The minimum atomic E-state index is -4.35. The van der Waals surface area contributed by atoms with Gasteiger partial charge in [-0.15, -0.1) is 0 Å². The van der Waals surface area contributed by atoms with Crippen molar-refractivity contribution in [3.05, 3.63) is 65.2 Å². The predicted molar refractivity (Wildman–Crippen MR) is 75.6 cm³/mol. The first-order chi connectivity index (χ1) is 10.4. The summed E-state index contributed by atoms with van der Waals surface area (Å²) in [4.78, 5) is 11.5. The minimum absolute atomic E-state index is 0.120. The van der Waals surface area contributed by atoms with E-state index in [2.05, 4.69) is 5.32 Å². The SMILES string of the molecule is CNC(=O)c1cccc(OCc2ccc(C(F)(F)F)cc2)c1. The number of carbonyl (C=O) groups is 1. The Kier molecular flexibility index (Phi) is 4.70. The van der Waals surface area contributed by atoms with Crippen LogP contribution in [-0.2, 0) is 12.8 Å². The molecule has 3 nitrogen and oxygen atoms in total. The van der Waals surface area contributed by atoms with Crippen LogP contribution in [-0.4, -0.2) is 13.0 Å². The molecule has 0 aliphatic heterocycles. The van der Waals surface area contributed by atoms with Gasteiger partial charge in [-0.05, 0) is 35.9 Å². The summed E-state index contributed by atoms with van der Waals surface area (Å²) in [5, 5.41) is 2.50. The van der Waals surface area contributed by atoms with Crippen LogP contribution in [0, 0.1) is 0 Å². The number of hydrogen-bond acceptors (Lipinski definition) is 2. The average molecular weight is 309 g/mol. The van der Waals surface area contributed by atoms with E-state index in [9.17, 15) is 18.0 Å². The monoisotopic (exact) mass is 309 g/mol. The van der Waals surface area contributed by atoms with E-state index in [0.717, 1.165) is 12.1 Å². The van der Waals surface area contributed by atoms with Crippen LogP contribution in [0.3, 0.4) is 0 Å².